The Labute approximate surface area is 87.8 Å². The second kappa shape index (κ2) is 7.21. The normalized spacial score (nSPS) is 20.1. The monoisotopic (exact) mass is 200 g/mol. The zero-order valence-electron chi connectivity index (χ0n) is 9.59. The van der Waals surface area contributed by atoms with E-state index in [2.05, 4.69) is 17.1 Å². The smallest absolute Gasteiger partial charge is 0.0628 e. The van der Waals surface area contributed by atoms with Gasteiger partial charge in [0.05, 0.1) is 6.61 Å². The van der Waals surface area contributed by atoms with E-state index in [0.29, 0.717) is 6.04 Å². The zero-order valence-corrected chi connectivity index (χ0v) is 9.59. The number of rotatable bonds is 7. The average Bonchev–Trinajstić information content (AvgIpc) is 2.67. The standard InChI is InChI=1S/C11H24N2O/c1-3-6-12-11(10-14-2)9-13-7-4-5-8-13/h11-12H,3-10H2,1-2H3. The van der Waals surface area contributed by atoms with Crippen molar-refractivity contribution in [3.05, 3.63) is 0 Å². The van der Waals surface area contributed by atoms with Crippen molar-refractivity contribution in [3.8, 4) is 0 Å². The Morgan fingerprint density at radius 1 is 1.36 bits per heavy atom. The van der Waals surface area contributed by atoms with Gasteiger partial charge in [-0.3, -0.25) is 0 Å². The van der Waals surface area contributed by atoms with Gasteiger partial charge in [0, 0.05) is 19.7 Å². The topological polar surface area (TPSA) is 24.5 Å². The van der Waals surface area contributed by atoms with Crippen LogP contribution in [-0.4, -0.2) is 50.8 Å². The lowest BCUT2D eigenvalue weighted by atomic mass is 10.3. The molecule has 1 fully saturated rings. The van der Waals surface area contributed by atoms with Crippen molar-refractivity contribution in [2.75, 3.05) is 39.9 Å². The molecule has 3 heteroatoms. The maximum absolute atomic E-state index is 5.22. The lowest BCUT2D eigenvalue weighted by molar-refractivity contribution is 0.145. The first kappa shape index (κ1) is 12.0. The molecule has 0 saturated carbocycles. The summed E-state index contributed by atoms with van der Waals surface area (Å²) >= 11 is 0. The van der Waals surface area contributed by atoms with Crippen LogP contribution in [-0.2, 0) is 4.74 Å². The molecule has 0 aromatic carbocycles. The number of nitrogens with zero attached hydrogens (tertiary/aromatic N) is 1. The van der Waals surface area contributed by atoms with E-state index in [4.69, 9.17) is 4.74 Å². The Kier molecular flexibility index (Phi) is 6.15. The minimum atomic E-state index is 0.512. The fourth-order valence-electron chi connectivity index (χ4n) is 2.00. The van der Waals surface area contributed by atoms with Gasteiger partial charge in [-0.15, -0.1) is 0 Å². The molecule has 1 unspecified atom stereocenters. The molecule has 14 heavy (non-hydrogen) atoms. The molecule has 84 valence electrons. The Hall–Kier alpha value is -0.120. The molecule has 0 aromatic rings. The van der Waals surface area contributed by atoms with Crippen molar-refractivity contribution >= 4 is 0 Å². The summed E-state index contributed by atoms with van der Waals surface area (Å²) < 4.78 is 5.22. The first-order valence-corrected chi connectivity index (χ1v) is 5.81. The summed E-state index contributed by atoms with van der Waals surface area (Å²) in [4.78, 5) is 2.53. The number of nitrogens with one attached hydrogen (secondary N) is 1. The molecule has 0 amide bonds. The van der Waals surface area contributed by atoms with Gasteiger partial charge in [-0.05, 0) is 38.9 Å². The van der Waals surface area contributed by atoms with Crippen LogP contribution in [0.3, 0.4) is 0 Å². The van der Waals surface area contributed by atoms with E-state index in [-0.39, 0.29) is 0 Å². The molecule has 0 radical (unpaired) electrons. The van der Waals surface area contributed by atoms with Crippen LogP contribution in [0.15, 0.2) is 0 Å². The van der Waals surface area contributed by atoms with Crippen LogP contribution >= 0.6 is 0 Å². The van der Waals surface area contributed by atoms with Gasteiger partial charge >= 0.3 is 0 Å². The van der Waals surface area contributed by atoms with Gasteiger partial charge in [0.15, 0.2) is 0 Å². The number of hydrogen-bond donors (Lipinski definition) is 1. The summed E-state index contributed by atoms with van der Waals surface area (Å²) in [7, 11) is 1.78. The molecule has 1 aliphatic rings. The highest BCUT2D eigenvalue weighted by Crippen LogP contribution is 2.07. The third-order valence-corrected chi connectivity index (χ3v) is 2.73. The molecule has 1 saturated heterocycles. The highest BCUT2D eigenvalue weighted by atomic mass is 16.5. The molecule has 1 rings (SSSR count). The maximum atomic E-state index is 5.22. The first-order valence-electron chi connectivity index (χ1n) is 5.81. The molecule has 1 aliphatic heterocycles. The van der Waals surface area contributed by atoms with Crippen molar-refractivity contribution < 1.29 is 4.74 Å². The van der Waals surface area contributed by atoms with E-state index in [9.17, 15) is 0 Å². The first-order chi connectivity index (χ1) is 6.86. The van der Waals surface area contributed by atoms with E-state index in [1.165, 1.54) is 32.4 Å². The molecule has 1 heterocycles. The Balaban J connectivity index is 2.18. The van der Waals surface area contributed by atoms with E-state index >= 15 is 0 Å². The van der Waals surface area contributed by atoms with Gasteiger partial charge in [-0.1, -0.05) is 6.92 Å². The number of hydrogen-bond acceptors (Lipinski definition) is 3. The Morgan fingerprint density at radius 2 is 2.07 bits per heavy atom. The highest BCUT2D eigenvalue weighted by molar-refractivity contribution is 4.75. The van der Waals surface area contributed by atoms with Crippen LogP contribution in [0.5, 0.6) is 0 Å². The van der Waals surface area contributed by atoms with Gasteiger partial charge in [-0.25, -0.2) is 0 Å². The van der Waals surface area contributed by atoms with Gasteiger partial charge < -0.3 is 15.0 Å². The third-order valence-electron chi connectivity index (χ3n) is 2.73. The van der Waals surface area contributed by atoms with Gasteiger partial charge in [0.2, 0.25) is 0 Å². The molecule has 3 nitrogen and oxygen atoms in total. The summed E-state index contributed by atoms with van der Waals surface area (Å²) in [6.45, 7) is 7.82. The van der Waals surface area contributed by atoms with E-state index in [1.54, 1.807) is 7.11 Å². The maximum Gasteiger partial charge on any atom is 0.0628 e. The molecule has 1 atom stereocenters. The average molecular weight is 200 g/mol. The predicted octanol–water partition coefficient (Wildman–Crippen LogP) is 1.10. The summed E-state index contributed by atoms with van der Waals surface area (Å²) in [5, 5.41) is 3.53. The lowest BCUT2D eigenvalue weighted by Gasteiger charge is -2.23. The summed E-state index contributed by atoms with van der Waals surface area (Å²) in [5.41, 5.74) is 0. The predicted molar refractivity (Wildman–Crippen MR) is 59.6 cm³/mol. The lowest BCUT2D eigenvalue weighted by Crippen LogP contribution is -2.43. The fraction of sp³-hybridized carbons (Fsp3) is 1.00. The van der Waals surface area contributed by atoms with E-state index < -0.39 is 0 Å². The van der Waals surface area contributed by atoms with Crippen LogP contribution in [0.1, 0.15) is 26.2 Å². The van der Waals surface area contributed by atoms with E-state index in [1.807, 2.05) is 0 Å². The van der Waals surface area contributed by atoms with Crippen LogP contribution in [0.25, 0.3) is 0 Å². The highest BCUT2D eigenvalue weighted by Gasteiger charge is 2.16. The van der Waals surface area contributed by atoms with Crippen molar-refractivity contribution in [1.82, 2.24) is 10.2 Å². The molecule has 0 aromatic heterocycles. The van der Waals surface area contributed by atoms with Crippen molar-refractivity contribution in [1.29, 1.82) is 0 Å². The molecule has 0 aliphatic carbocycles. The van der Waals surface area contributed by atoms with Crippen LogP contribution in [0.4, 0.5) is 0 Å². The van der Waals surface area contributed by atoms with Crippen LogP contribution in [0, 0.1) is 0 Å². The molecular formula is C11H24N2O. The number of methoxy groups -OCH3 is 1. The van der Waals surface area contributed by atoms with Crippen molar-refractivity contribution in [2.45, 2.75) is 32.2 Å². The second-order valence-corrected chi connectivity index (χ2v) is 4.11. The van der Waals surface area contributed by atoms with Crippen molar-refractivity contribution in [3.63, 3.8) is 0 Å². The van der Waals surface area contributed by atoms with Crippen LogP contribution in [0.2, 0.25) is 0 Å². The summed E-state index contributed by atoms with van der Waals surface area (Å²) in [5.74, 6) is 0. The molecule has 1 N–H and O–H groups in total. The Bertz CT molecular complexity index is 135. The summed E-state index contributed by atoms with van der Waals surface area (Å²) in [6.07, 6.45) is 3.93. The fourth-order valence-corrected chi connectivity index (χ4v) is 2.00. The van der Waals surface area contributed by atoms with Crippen LogP contribution < -0.4 is 5.32 Å². The minimum Gasteiger partial charge on any atom is -0.383 e. The van der Waals surface area contributed by atoms with Crippen molar-refractivity contribution in [2.24, 2.45) is 0 Å². The minimum absolute atomic E-state index is 0.512. The van der Waals surface area contributed by atoms with E-state index in [0.717, 1.165) is 19.7 Å². The quantitative estimate of drug-likeness (QED) is 0.666. The Morgan fingerprint density at radius 3 is 2.64 bits per heavy atom. The SMILES string of the molecule is CCCNC(COC)CN1CCCC1. The summed E-state index contributed by atoms with van der Waals surface area (Å²) in [6, 6.07) is 0.512. The third kappa shape index (κ3) is 4.40. The molecular weight excluding hydrogens is 176 g/mol. The van der Waals surface area contributed by atoms with Gasteiger partial charge in [0.1, 0.15) is 0 Å². The second-order valence-electron chi connectivity index (χ2n) is 4.11. The zero-order chi connectivity index (χ0) is 10.2. The molecule has 0 bridgehead atoms. The largest absolute Gasteiger partial charge is 0.383 e. The number of ether oxygens (including phenoxy) is 1. The van der Waals surface area contributed by atoms with Gasteiger partial charge in [-0.2, -0.15) is 0 Å². The molecule has 0 spiro atoms. The number of likely N-dealkylation sites (tertiary alicyclic amines) is 1. The van der Waals surface area contributed by atoms with Gasteiger partial charge in [0.25, 0.3) is 0 Å².